The van der Waals surface area contributed by atoms with Crippen molar-refractivity contribution < 1.29 is 18.3 Å². The topological polar surface area (TPSA) is 0 Å². The van der Waals surface area contributed by atoms with Gasteiger partial charge in [0.2, 0.25) is 0 Å². The molecule has 3 heteroatoms. The van der Waals surface area contributed by atoms with Gasteiger partial charge in [0.1, 0.15) is 0 Å². The standard InChI is InChI=1S/C23H29.C9H13.2C7H7.CH2.2ClH.Zr/c1-14-9-16-11-17-10-15(2)21(23(6,7)8)13-19(17)18(16)12-20(14)22(3,4)5;1-6-5-7(2)9(4)8(6)3;2*1-7-5-3-2-4-6-7;;;;/h9,12-13H,11H2,1-8H3;6H,1-4H3;2*3-6H,1H3;1H2;2*1H;. The van der Waals surface area contributed by atoms with Crippen LogP contribution in [0.5, 0.6) is 0 Å². The zero-order valence-corrected chi connectivity index (χ0v) is 37.2. The number of allylic oxidation sites excluding steroid dienone is 4. The van der Waals surface area contributed by atoms with E-state index in [1.54, 1.807) is 6.55 Å². The minimum absolute atomic E-state index is 0. The SMILES string of the molecule is Cl.Cl.[CH2]=[Zr]([C]1=C(C)C(C)=C(C)C1C)([c]1ccc(C)cc1)([c]1ccc(C)cc1)[c]1c(C)c(C(C)(C)C)cc2c1Cc1cc(C)c(C(C)(C)C)cc1-2. The molecule has 2 aliphatic carbocycles. The molecule has 0 aliphatic heterocycles. The average molecular weight is 787 g/mol. The van der Waals surface area contributed by atoms with Crippen molar-refractivity contribution in [3.05, 3.63) is 131 Å². The fourth-order valence-electron chi connectivity index (χ4n) is 9.95. The van der Waals surface area contributed by atoms with Gasteiger partial charge < -0.3 is 0 Å². The second-order valence-corrected chi connectivity index (χ2v) is 30.3. The summed E-state index contributed by atoms with van der Waals surface area (Å²) in [5.74, 6) is 0.322. The molecule has 50 heavy (non-hydrogen) atoms. The molecule has 266 valence electrons. The Kier molecular flexibility index (Phi) is 10.7. The summed E-state index contributed by atoms with van der Waals surface area (Å²) in [5, 5.41) is 0. The van der Waals surface area contributed by atoms with Gasteiger partial charge in [0.15, 0.2) is 0 Å². The van der Waals surface area contributed by atoms with Gasteiger partial charge in [0.25, 0.3) is 0 Å². The molecule has 0 nitrogen and oxygen atoms in total. The van der Waals surface area contributed by atoms with Gasteiger partial charge in [-0.2, -0.15) is 0 Å². The number of rotatable bonds is 4. The van der Waals surface area contributed by atoms with E-state index in [9.17, 15) is 0 Å². The molecule has 0 heterocycles. The van der Waals surface area contributed by atoms with E-state index in [0.29, 0.717) is 5.92 Å². The molecule has 0 bridgehead atoms. The van der Waals surface area contributed by atoms with Gasteiger partial charge >= 0.3 is 295 Å². The third-order valence-electron chi connectivity index (χ3n) is 12.6. The monoisotopic (exact) mass is 784 g/mol. The number of hydrogen-bond donors (Lipinski definition) is 0. The first-order chi connectivity index (χ1) is 22.2. The van der Waals surface area contributed by atoms with Crippen molar-refractivity contribution in [3.63, 3.8) is 0 Å². The Morgan fingerprint density at radius 3 is 1.50 bits per heavy atom. The molecule has 6 rings (SSSR count). The summed E-state index contributed by atoms with van der Waals surface area (Å²) < 4.78 is 12.1. The third-order valence-corrected chi connectivity index (χ3v) is 29.8. The van der Waals surface area contributed by atoms with Gasteiger partial charge in [0, 0.05) is 0 Å². The van der Waals surface area contributed by atoms with Gasteiger partial charge in [-0.3, -0.25) is 0 Å². The molecule has 0 fully saturated rings. The first-order valence-electron chi connectivity index (χ1n) is 18.1. The molecule has 1 atom stereocenters. The van der Waals surface area contributed by atoms with E-state index >= 15 is 0 Å². The van der Waals surface area contributed by atoms with Gasteiger partial charge in [-0.25, -0.2) is 0 Å². The van der Waals surface area contributed by atoms with Crippen LogP contribution >= 0.6 is 24.8 Å². The molecule has 0 radical (unpaired) electrons. The molecule has 4 aromatic carbocycles. The van der Waals surface area contributed by atoms with Crippen LogP contribution in [-0.2, 0) is 35.5 Å². The zero-order chi connectivity index (χ0) is 35.3. The molecular weight excluding hydrogens is 727 g/mol. The van der Waals surface area contributed by atoms with Crippen molar-refractivity contribution in [2.45, 2.75) is 114 Å². The van der Waals surface area contributed by atoms with Crippen LogP contribution in [0.3, 0.4) is 0 Å². The Morgan fingerprint density at radius 1 is 0.620 bits per heavy atom. The van der Waals surface area contributed by atoms with E-state index in [0.717, 1.165) is 6.42 Å². The molecule has 0 saturated carbocycles. The second-order valence-electron chi connectivity index (χ2n) is 17.7. The zero-order valence-electron chi connectivity index (χ0n) is 33.2. The van der Waals surface area contributed by atoms with E-state index in [-0.39, 0.29) is 35.6 Å². The summed E-state index contributed by atoms with van der Waals surface area (Å²) in [6, 6.07) is 26.9. The molecule has 2 aliphatic rings. The van der Waals surface area contributed by atoms with E-state index in [1.807, 2.05) is 0 Å². The van der Waals surface area contributed by atoms with Gasteiger partial charge in [-0.1, -0.05) is 0 Å². The molecule has 0 aromatic heterocycles. The summed E-state index contributed by atoms with van der Waals surface area (Å²) in [5.41, 5.74) is 18.7. The van der Waals surface area contributed by atoms with Crippen LogP contribution in [-0.4, -0.2) is 4.21 Å². The molecule has 1 unspecified atom stereocenters. The third kappa shape index (κ3) is 5.78. The summed E-state index contributed by atoms with van der Waals surface area (Å²) >= 11 is -5.05. The summed E-state index contributed by atoms with van der Waals surface area (Å²) in [7, 11) is 0. The predicted octanol–water partition coefficient (Wildman–Crippen LogP) is 11.6. The fourth-order valence-corrected chi connectivity index (χ4v) is 28.7. The van der Waals surface area contributed by atoms with Crippen LogP contribution in [0.25, 0.3) is 11.1 Å². The first kappa shape index (κ1) is 40.5. The molecule has 0 saturated heterocycles. The Morgan fingerprint density at radius 2 is 1.08 bits per heavy atom. The number of halogens is 2. The van der Waals surface area contributed by atoms with E-state index in [2.05, 4.69) is 164 Å². The average Bonchev–Trinajstić information content (AvgIpc) is 3.44. The summed E-state index contributed by atoms with van der Waals surface area (Å²) in [4.78, 5) is 0. The van der Waals surface area contributed by atoms with Crippen molar-refractivity contribution in [1.82, 2.24) is 0 Å². The van der Waals surface area contributed by atoms with Crippen LogP contribution in [0.1, 0.15) is 114 Å². The fraction of sp³-hybridized carbons (Fsp3) is 0.383. The van der Waals surface area contributed by atoms with Crippen molar-refractivity contribution in [2.75, 3.05) is 0 Å². The molecular formula is C47H60Cl2Zr. The molecule has 4 aromatic rings. The predicted molar refractivity (Wildman–Crippen MR) is 225 cm³/mol. The summed E-state index contributed by atoms with van der Waals surface area (Å²) in [6.45, 7) is 33.1. The Labute approximate surface area is 317 Å². The van der Waals surface area contributed by atoms with Crippen molar-refractivity contribution in [3.8, 4) is 11.1 Å². The molecule has 0 N–H and O–H groups in total. The maximum absolute atomic E-state index is 5.95. The van der Waals surface area contributed by atoms with Crippen LogP contribution in [0, 0.1) is 33.6 Å². The number of fused-ring (bicyclic) bond motifs is 3. The minimum atomic E-state index is -5.05. The van der Waals surface area contributed by atoms with Crippen molar-refractivity contribution in [2.24, 2.45) is 5.92 Å². The van der Waals surface area contributed by atoms with Crippen molar-refractivity contribution in [1.29, 1.82) is 0 Å². The Hall–Kier alpha value is -2.31. The van der Waals surface area contributed by atoms with Crippen LogP contribution in [0.15, 0.2) is 86.7 Å². The quantitative estimate of drug-likeness (QED) is 0.170. The van der Waals surface area contributed by atoms with Crippen LogP contribution in [0.2, 0.25) is 0 Å². The van der Waals surface area contributed by atoms with Crippen molar-refractivity contribution >= 4 is 38.8 Å². The second kappa shape index (κ2) is 13.3. The maximum atomic E-state index is 5.95. The number of aryl methyl sites for hydroxylation is 3. The Balaban J connectivity index is 0.00000281. The van der Waals surface area contributed by atoms with E-state index < -0.39 is 18.3 Å². The van der Waals surface area contributed by atoms with Gasteiger partial charge in [-0.05, 0) is 0 Å². The van der Waals surface area contributed by atoms with E-state index in [4.69, 9.17) is 4.21 Å². The number of benzene rings is 4. The number of hydrogen-bond acceptors (Lipinski definition) is 0. The Bertz CT molecular complexity index is 2070. The van der Waals surface area contributed by atoms with Crippen LogP contribution < -0.4 is 9.81 Å². The van der Waals surface area contributed by atoms with E-state index in [1.165, 1.54) is 78.9 Å². The molecule has 0 amide bonds. The van der Waals surface area contributed by atoms with Gasteiger partial charge in [0.05, 0.1) is 0 Å². The summed E-state index contributed by atoms with van der Waals surface area (Å²) in [6.07, 6.45) is 0.958. The normalized spacial score (nSPS) is 16.3. The molecule has 0 spiro atoms. The first-order valence-corrected chi connectivity index (χ1v) is 24.7. The van der Waals surface area contributed by atoms with Crippen LogP contribution in [0.4, 0.5) is 0 Å². The van der Waals surface area contributed by atoms with Gasteiger partial charge in [-0.15, -0.1) is 24.8 Å².